The third kappa shape index (κ3) is 33.4. The zero-order valence-corrected chi connectivity index (χ0v) is 32.4. The van der Waals surface area contributed by atoms with Gasteiger partial charge in [-0.2, -0.15) is 0 Å². The van der Waals surface area contributed by atoms with E-state index in [1.54, 1.807) is 0 Å². The van der Waals surface area contributed by atoms with E-state index in [1.165, 1.54) is 0 Å². The molecule has 2 atom stereocenters. The molecular formula is C36H66CaN2O10+2. The Morgan fingerprint density at radius 1 is 0.469 bits per heavy atom. The van der Waals surface area contributed by atoms with Crippen LogP contribution in [-0.4, -0.2) is 157 Å². The zero-order chi connectivity index (χ0) is 36.5. The molecule has 0 spiro atoms. The van der Waals surface area contributed by atoms with Crippen LogP contribution in [0.15, 0.2) is 25.3 Å². The molecule has 0 fully saturated rings. The Kier molecular flexibility index (Phi) is 36.9. The van der Waals surface area contributed by atoms with Crippen molar-refractivity contribution in [2.24, 2.45) is 0 Å². The molecule has 0 aromatic heterocycles. The van der Waals surface area contributed by atoms with Crippen molar-refractivity contribution in [2.75, 3.05) is 65.6 Å². The van der Waals surface area contributed by atoms with Crippen LogP contribution in [0.5, 0.6) is 0 Å². The average Bonchev–Trinajstić information content (AvgIpc) is 3.00. The van der Waals surface area contributed by atoms with Gasteiger partial charge in [0.25, 0.3) is 0 Å². The van der Waals surface area contributed by atoms with Crippen LogP contribution in [0.3, 0.4) is 0 Å². The molecule has 4 N–H and O–H groups in total. The molecule has 12 nitrogen and oxygen atoms in total. The minimum Gasteiger partial charge on any atom is -0.550 e. The van der Waals surface area contributed by atoms with Crippen LogP contribution >= 0.6 is 0 Å². The zero-order valence-electron chi connectivity index (χ0n) is 30.2. The van der Waals surface area contributed by atoms with Gasteiger partial charge in [-0.25, -0.2) is 0 Å². The quantitative estimate of drug-likeness (QED) is 0.0331. The maximum Gasteiger partial charge on any atom is 2.00 e. The fraction of sp³-hybridized carbons (Fsp3) is 0.778. The van der Waals surface area contributed by atoms with E-state index < -0.39 is 23.9 Å². The van der Waals surface area contributed by atoms with Crippen LogP contribution in [0, 0.1) is 0 Å². The third-order valence-corrected chi connectivity index (χ3v) is 8.80. The van der Waals surface area contributed by atoms with Crippen molar-refractivity contribution >= 4 is 61.6 Å². The number of quaternary nitrogens is 2. The van der Waals surface area contributed by atoms with Crippen LogP contribution in [0.4, 0.5) is 0 Å². The second-order valence-corrected chi connectivity index (χ2v) is 12.8. The number of hydrogen-bond donors (Lipinski definition) is 4. The summed E-state index contributed by atoms with van der Waals surface area (Å²) >= 11 is 0. The number of carbonyl (C=O) groups excluding carboxylic acids is 2. The number of rotatable bonds is 34. The molecular weight excluding hydrogens is 660 g/mol. The van der Waals surface area contributed by atoms with E-state index in [0.29, 0.717) is 73.9 Å². The van der Waals surface area contributed by atoms with Gasteiger partial charge in [-0.1, -0.05) is 25.0 Å². The molecule has 0 radical (unpaired) electrons. The van der Waals surface area contributed by atoms with Crippen molar-refractivity contribution in [3.05, 3.63) is 25.3 Å². The topological polar surface area (TPSA) is 195 Å². The summed E-state index contributed by atoms with van der Waals surface area (Å²) in [5.41, 5.74) is 0. The minimum absolute atomic E-state index is 0. The Morgan fingerprint density at radius 2 is 0.755 bits per heavy atom. The van der Waals surface area contributed by atoms with Crippen LogP contribution in [-0.2, 0) is 19.2 Å². The van der Waals surface area contributed by atoms with E-state index in [2.05, 4.69) is 13.2 Å². The summed E-state index contributed by atoms with van der Waals surface area (Å²) in [6.45, 7) is 12.8. The van der Waals surface area contributed by atoms with Gasteiger partial charge in [-0.3, -0.25) is 9.59 Å². The molecule has 0 aromatic carbocycles. The van der Waals surface area contributed by atoms with E-state index in [1.807, 2.05) is 12.2 Å². The normalized spacial score (nSPS) is 13.1. The van der Waals surface area contributed by atoms with Gasteiger partial charge in [-0.05, 0) is 64.2 Å². The number of carboxylic acids is 4. The molecule has 0 amide bonds. The van der Waals surface area contributed by atoms with E-state index in [4.69, 9.17) is 10.2 Å². The molecule has 280 valence electrons. The molecule has 2 unspecified atom stereocenters. The summed E-state index contributed by atoms with van der Waals surface area (Å²) in [4.78, 5) is 42.8. The second kappa shape index (κ2) is 34.9. The molecule has 13 heteroatoms. The molecule has 0 aromatic rings. The van der Waals surface area contributed by atoms with Gasteiger partial charge in [0, 0.05) is 37.6 Å². The maximum absolute atomic E-state index is 10.8. The summed E-state index contributed by atoms with van der Waals surface area (Å²) in [5, 5.41) is 57.8. The monoisotopic (exact) mass is 726 g/mol. The van der Waals surface area contributed by atoms with Crippen molar-refractivity contribution < 1.29 is 58.8 Å². The Morgan fingerprint density at radius 3 is 1.02 bits per heavy atom. The predicted octanol–water partition coefficient (Wildman–Crippen LogP) is 2.27. The van der Waals surface area contributed by atoms with Gasteiger partial charge in [0.2, 0.25) is 0 Å². The Hall–Kier alpha value is -1.54. The summed E-state index contributed by atoms with van der Waals surface area (Å²) in [7, 11) is 0. The largest absolute Gasteiger partial charge is 2.00 e. The molecule has 0 heterocycles. The Bertz CT molecular complexity index is 778. The van der Waals surface area contributed by atoms with Crippen molar-refractivity contribution in [3.63, 3.8) is 0 Å². The second-order valence-electron chi connectivity index (χ2n) is 12.8. The first-order chi connectivity index (χ1) is 22.9. The number of allylic oxidation sites excluding steroid dienone is 2. The van der Waals surface area contributed by atoms with Crippen LogP contribution < -0.4 is 10.2 Å². The number of unbranched alkanes of at least 4 members (excludes halogenated alkanes) is 8. The summed E-state index contributed by atoms with van der Waals surface area (Å²) in [6.07, 6.45) is 16.8. The van der Waals surface area contributed by atoms with Crippen LogP contribution in [0.2, 0.25) is 0 Å². The smallest absolute Gasteiger partial charge is 0.550 e. The maximum atomic E-state index is 10.8. The predicted molar refractivity (Wildman–Crippen MR) is 188 cm³/mol. The molecule has 0 aliphatic heterocycles. The molecule has 0 aliphatic rings. The average molecular weight is 727 g/mol. The fourth-order valence-corrected chi connectivity index (χ4v) is 6.19. The SMILES string of the molecule is C=CCCCCCC[N+](CCO)(CCCC(=O)[O-])CCCC(=O)O.C=CCCCCCC[N+](CCO)(CCCC(=O)[O-])CCCC(=O)O.[Ca+2]. The Labute approximate surface area is 325 Å². The van der Waals surface area contributed by atoms with Gasteiger partial charge < -0.3 is 49.2 Å². The van der Waals surface area contributed by atoms with E-state index >= 15 is 0 Å². The number of aliphatic carboxylic acids is 4. The number of aliphatic hydroxyl groups is 2. The number of aliphatic hydroxyl groups excluding tert-OH is 2. The Balaban J connectivity index is -0.000000846. The summed E-state index contributed by atoms with van der Waals surface area (Å²) < 4.78 is 1.19. The molecule has 0 bridgehead atoms. The number of hydrogen-bond acceptors (Lipinski definition) is 8. The van der Waals surface area contributed by atoms with E-state index in [0.717, 1.165) is 77.3 Å². The molecule has 0 saturated carbocycles. The molecule has 0 rings (SSSR count). The van der Waals surface area contributed by atoms with Gasteiger partial charge in [0.05, 0.1) is 65.3 Å². The van der Waals surface area contributed by atoms with Gasteiger partial charge in [0.1, 0.15) is 13.1 Å². The van der Waals surface area contributed by atoms with Gasteiger partial charge in [0.15, 0.2) is 0 Å². The molecule has 0 aliphatic carbocycles. The standard InChI is InChI=1S/2C18H33NO5.Ca/c2*1-2-3-4-5-6-7-12-19(15-16-20,13-8-10-17(21)22)14-9-11-18(23)24;/h2*2,20H,1,3-16H2,(H-,21,22,23,24);/q;;+2. The van der Waals surface area contributed by atoms with Crippen molar-refractivity contribution in [3.8, 4) is 0 Å². The minimum atomic E-state index is -1.06. The molecule has 0 saturated heterocycles. The van der Waals surface area contributed by atoms with Crippen LogP contribution in [0.25, 0.3) is 0 Å². The first-order valence-corrected chi connectivity index (χ1v) is 17.9. The first kappa shape index (κ1) is 51.8. The summed E-state index contributed by atoms with van der Waals surface area (Å²) in [6, 6.07) is 0. The van der Waals surface area contributed by atoms with Gasteiger partial charge in [-0.15, -0.1) is 13.2 Å². The van der Waals surface area contributed by atoms with Crippen molar-refractivity contribution in [2.45, 2.75) is 116 Å². The number of nitrogens with zero attached hydrogens (tertiary/aromatic N) is 2. The summed E-state index contributed by atoms with van der Waals surface area (Å²) in [5.74, 6) is -3.77. The third-order valence-electron chi connectivity index (χ3n) is 8.80. The van der Waals surface area contributed by atoms with E-state index in [9.17, 15) is 39.6 Å². The fourth-order valence-electron chi connectivity index (χ4n) is 6.19. The van der Waals surface area contributed by atoms with Crippen LogP contribution in [0.1, 0.15) is 116 Å². The van der Waals surface area contributed by atoms with Crippen molar-refractivity contribution in [1.29, 1.82) is 0 Å². The van der Waals surface area contributed by atoms with E-state index in [-0.39, 0.29) is 76.6 Å². The first-order valence-electron chi connectivity index (χ1n) is 17.9. The molecule has 49 heavy (non-hydrogen) atoms. The number of carboxylic acid groups (broad SMARTS) is 4. The number of carbonyl (C=O) groups is 4. The van der Waals surface area contributed by atoms with Crippen molar-refractivity contribution in [1.82, 2.24) is 0 Å². The van der Waals surface area contributed by atoms with Gasteiger partial charge >= 0.3 is 49.7 Å².